The Morgan fingerprint density at radius 1 is 1.18 bits per heavy atom. The highest BCUT2D eigenvalue weighted by Gasteiger charge is 2.39. The first kappa shape index (κ1) is 26.0. The number of dihydropyridines is 1. The van der Waals surface area contributed by atoms with Crippen molar-refractivity contribution in [2.45, 2.75) is 32.8 Å². The van der Waals surface area contributed by atoms with Crippen molar-refractivity contribution in [2.75, 3.05) is 25.7 Å². The van der Waals surface area contributed by atoms with Crippen LogP contribution in [0.1, 0.15) is 32.3 Å². The summed E-state index contributed by atoms with van der Waals surface area (Å²) in [7, 11) is 0. The summed E-state index contributed by atoms with van der Waals surface area (Å²) in [5, 5.41) is 14.1. The fourth-order valence-corrected chi connectivity index (χ4v) is 3.38. The van der Waals surface area contributed by atoms with Gasteiger partial charge in [0.25, 0.3) is 5.69 Å². The van der Waals surface area contributed by atoms with E-state index in [1.54, 1.807) is 0 Å². The van der Waals surface area contributed by atoms with Gasteiger partial charge >= 0.3 is 11.9 Å². The van der Waals surface area contributed by atoms with Gasteiger partial charge in [-0.25, -0.2) is 9.59 Å². The lowest BCUT2D eigenvalue weighted by atomic mass is 9.80. The van der Waals surface area contributed by atoms with Gasteiger partial charge in [-0.2, -0.15) is 0 Å². The van der Waals surface area contributed by atoms with Crippen LogP contribution in [0, 0.1) is 10.1 Å². The minimum absolute atomic E-state index is 0.0107. The number of non-ortho nitro benzene ring substituents is 1. The van der Waals surface area contributed by atoms with Crippen LogP contribution >= 0.6 is 11.6 Å². The molecule has 0 radical (unpaired) electrons. The standard InChI is InChI=1S/C22H25ClN2O8/c1-13(2)31-9-10-33-22(28)20-17(12-26)24-14(3)18(21(27)32-8-7-23)19(20)15-5-4-6-16(11-15)25(29)30/h4-6,11-13,19,24H,7-10H2,1-3H3. The molecular weight excluding hydrogens is 456 g/mol. The van der Waals surface area contributed by atoms with Crippen molar-refractivity contribution in [1.29, 1.82) is 0 Å². The van der Waals surface area contributed by atoms with E-state index in [1.807, 2.05) is 13.8 Å². The van der Waals surface area contributed by atoms with E-state index in [-0.39, 0.29) is 65.6 Å². The van der Waals surface area contributed by atoms with Gasteiger partial charge in [-0.1, -0.05) is 12.1 Å². The summed E-state index contributed by atoms with van der Waals surface area (Å²) in [6.45, 7) is 5.12. The van der Waals surface area contributed by atoms with Gasteiger partial charge in [-0.3, -0.25) is 14.9 Å². The third kappa shape index (κ3) is 6.62. The summed E-state index contributed by atoms with van der Waals surface area (Å²) in [6.07, 6.45) is 0.354. The van der Waals surface area contributed by atoms with Crippen LogP contribution in [0.15, 0.2) is 46.8 Å². The molecule has 0 saturated carbocycles. The second kappa shape index (κ2) is 12.1. The number of hydrogen-bond acceptors (Lipinski definition) is 9. The lowest BCUT2D eigenvalue weighted by molar-refractivity contribution is -0.384. The first-order valence-electron chi connectivity index (χ1n) is 10.1. The van der Waals surface area contributed by atoms with Crippen LogP contribution in [0.3, 0.4) is 0 Å². The quantitative estimate of drug-likeness (QED) is 0.127. The molecule has 1 aromatic carbocycles. The van der Waals surface area contributed by atoms with E-state index in [0.29, 0.717) is 6.29 Å². The number of alkyl halides is 1. The Morgan fingerprint density at radius 3 is 2.45 bits per heavy atom. The monoisotopic (exact) mass is 480 g/mol. The molecule has 1 aliphatic rings. The van der Waals surface area contributed by atoms with E-state index < -0.39 is 22.8 Å². The second-order valence-electron chi connectivity index (χ2n) is 7.27. The molecule has 1 aliphatic heterocycles. The topological polar surface area (TPSA) is 134 Å². The fourth-order valence-electron chi connectivity index (χ4n) is 3.30. The zero-order valence-corrected chi connectivity index (χ0v) is 19.2. The number of rotatable bonds is 11. The lowest BCUT2D eigenvalue weighted by Crippen LogP contribution is -2.34. The molecule has 0 fully saturated rings. The average molecular weight is 481 g/mol. The number of esters is 2. The molecular formula is C22H25ClN2O8. The van der Waals surface area contributed by atoms with Crippen molar-refractivity contribution < 1.29 is 33.5 Å². The molecule has 1 N–H and O–H groups in total. The Morgan fingerprint density at radius 2 is 1.85 bits per heavy atom. The van der Waals surface area contributed by atoms with E-state index in [4.69, 9.17) is 25.8 Å². The molecule has 1 aromatic rings. The number of nitrogens with one attached hydrogen (secondary N) is 1. The molecule has 33 heavy (non-hydrogen) atoms. The van der Waals surface area contributed by atoms with Gasteiger partial charge in [0.15, 0.2) is 6.29 Å². The predicted octanol–water partition coefficient (Wildman–Crippen LogP) is 2.76. The molecule has 178 valence electrons. The SMILES string of the molecule is CC1=C(C(=O)OCCCl)C(c2cccc([N+](=O)[O-])c2)C(C(=O)OCCOC(C)C)=C(C=O)N1. The summed E-state index contributed by atoms with van der Waals surface area (Å²) >= 11 is 5.62. The molecule has 10 nitrogen and oxygen atoms in total. The van der Waals surface area contributed by atoms with Crippen LogP contribution in [0.25, 0.3) is 0 Å². The van der Waals surface area contributed by atoms with Gasteiger partial charge in [-0.15, -0.1) is 11.6 Å². The molecule has 0 saturated heterocycles. The fraction of sp³-hybridized carbons (Fsp3) is 0.409. The minimum Gasteiger partial charge on any atom is -0.461 e. The number of nitrogens with zero attached hydrogens (tertiary/aromatic N) is 1. The Bertz CT molecular complexity index is 986. The Hall–Kier alpha value is -3.24. The first-order valence-corrected chi connectivity index (χ1v) is 10.7. The van der Waals surface area contributed by atoms with Crippen molar-refractivity contribution in [3.63, 3.8) is 0 Å². The molecule has 1 heterocycles. The van der Waals surface area contributed by atoms with Gasteiger partial charge < -0.3 is 19.5 Å². The molecule has 1 atom stereocenters. The van der Waals surface area contributed by atoms with E-state index in [9.17, 15) is 24.5 Å². The number of benzene rings is 1. The van der Waals surface area contributed by atoms with E-state index in [1.165, 1.54) is 31.2 Å². The molecule has 2 rings (SSSR count). The number of carbonyl (C=O) groups is 3. The maximum Gasteiger partial charge on any atom is 0.337 e. The van der Waals surface area contributed by atoms with E-state index >= 15 is 0 Å². The van der Waals surface area contributed by atoms with Crippen molar-refractivity contribution in [1.82, 2.24) is 5.32 Å². The van der Waals surface area contributed by atoms with Crippen molar-refractivity contribution in [3.8, 4) is 0 Å². The highest BCUT2D eigenvalue weighted by Crippen LogP contribution is 2.39. The number of halogens is 1. The highest BCUT2D eigenvalue weighted by atomic mass is 35.5. The van der Waals surface area contributed by atoms with Crippen LogP contribution in [0.2, 0.25) is 0 Å². The van der Waals surface area contributed by atoms with Crippen molar-refractivity contribution in [3.05, 3.63) is 62.5 Å². The summed E-state index contributed by atoms with van der Waals surface area (Å²) in [5.41, 5.74) is -0.0221. The number of nitro groups is 1. The maximum absolute atomic E-state index is 13.0. The van der Waals surface area contributed by atoms with Crippen LogP contribution in [-0.4, -0.2) is 55.0 Å². The van der Waals surface area contributed by atoms with Crippen LogP contribution in [-0.2, 0) is 28.6 Å². The third-order valence-electron chi connectivity index (χ3n) is 4.64. The molecule has 0 bridgehead atoms. The van der Waals surface area contributed by atoms with E-state index in [2.05, 4.69) is 5.32 Å². The second-order valence-corrected chi connectivity index (χ2v) is 7.65. The maximum atomic E-state index is 13.0. The third-order valence-corrected chi connectivity index (χ3v) is 4.80. The van der Waals surface area contributed by atoms with Crippen molar-refractivity contribution >= 4 is 35.5 Å². The summed E-state index contributed by atoms with van der Waals surface area (Å²) < 4.78 is 15.8. The molecule has 1 unspecified atom stereocenters. The number of aldehydes is 1. The number of hydrogen-bond donors (Lipinski definition) is 1. The number of carbonyl (C=O) groups excluding carboxylic acids is 3. The minimum atomic E-state index is -1.15. The molecule has 11 heteroatoms. The van der Waals surface area contributed by atoms with Crippen molar-refractivity contribution in [2.24, 2.45) is 0 Å². The zero-order valence-electron chi connectivity index (χ0n) is 18.5. The summed E-state index contributed by atoms with van der Waals surface area (Å²) in [6, 6.07) is 5.45. The van der Waals surface area contributed by atoms with Gasteiger partial charge in [0.2, 0.25) is 0 Å². The number of ether oxygens (including phenoxy) is 3. The average Bonchev–Trinajstić information content (AvgIpc) is 2.79. The Kier molecular flexibility index (Phi) is 9.56. The van der Waals surface area contributed by atoms with Crippen LogP contribution < -0.4 is 5.32 Å². The summed E-state index contributed by atoms with van der Waals surface area (Å²) in [5.74, 6) is -2.75. The van der Waals surface area contributed by atoms with Crippen LogP contribution in [0.5, 0.6) is 0 Å². The van der Waals surface area contributed by atoms with Gasteiger partial charge in [-0.05, 0) is 26.3 Å². The van der Waals surface area contributed by atoms with Gasteiger partial charge in [0.05, 0.1) is 46.3 Å². The van der Waals surface area contributed by atoms with Gasteiger partial charge in [0.1, 0.15) is 13.2 Å². The van der Waals surface area contributed by atoms with Gasteiger partial charge in [0, 0.05) is 17.8 Å². The smallest absolute Gasteiger partial charge is 0.337 e. The number of nitro benzene ring substituents is 1. The zero-order chi connectivity index (χ0) is 24.5. The Balaban J connectivity index is 2.55. The molecule has 0 aliphatic carbocycles. The lowest BCUT2D eigenvalue weighted by Gasteiger charge is -2.29. The Labute approximate surface area is 195 Å². The summed E-state index contributed by atoms with van der Waals surface area (Å²) in [4.78, 5) is 48.5. The molecule has 0 amide bonds. The highest BCUT2D eigenvalue weighted by molar-refractivity contribution is 6.18. The largest absolute Gasteiger partial charge is 0.461 e. The molecule has 0 aromatic heterocycles. The normalized spacial score (nSPS) is 15.8. The van der Waals surface area contributed by atoms with Crippen LogP contribution in [0.4, 0.5) is 5.69 Å². The predicted molar refractivity (Wildman–Crippen MR) is 118 cm³/mol. The number of allylic oxidation sites excluding steroid dienone is 2. The first-order chi connectivity index (χ1) is 15.7. The molecule has 0 spiro atoms. The van der Waals surface area contributed by atoms with E-state index in [0.717, 1.165) is 0 Å².